The second-order valence-corrected chi connectivity index (χ2v) is 6.70. The molecule has 10 heteroatoms. The molecule has 1 unspecified atom stereocenters. The van der Waals surface area contributed by atoms with E-state index in [0.717, 1.165) is 18.3 Å². The number of hydrogen-bond donors (Lipinski definition) is 2. The van der Waals surface area contributed by atoms with Gasteiger partial charge in [0, 0.05) is 17.8 Å². The summed E-state index contributed by atoms with van der Waals surface area (Å²) >= 11 is 0. The monoisotopic (exact) mass is 370 g/mol. The van der Waals surface area contributed by atoms with E-state index in [2.05, 4.69) is 4.98 Å². The molecule has 0 radical (unpaired) electrons. The molecule has 25 heavy (non-hydrogen) atoms. The molecule has 0 aliphatic carbocycles. The van der Waals surface area contributed by atoms with E-state index in [-0.39, 0.29) is 24.2 Å². The van der Waals surface area contributed by atoms with Crippen molar-refractivity contribution in [2.45, 2.75) is 11.9 Å². The molecule has 2 rings (SSSR count). The number of aliphatic hydroxyl groups is 1. The van der Waals surface area contributed by atoms with Crippen molar-refractivity contribution in [3.63, 3.8) is 0 Å². The zero-order valence-electron chi connectivity index (χ0n) is 12.5. The molecule has 0 aliphatic heterocycles. The van der Waals surface area contributed by atoms with Crippen LogP contribution < -0.4 is 4.72 Å². The lowest BCUT2D eigenvalue weighted by Gasteiger charge is -2.14. The van der Waals surface area contributed by atoms with Crippen molar-refractivity contribution in [2.24, 2.45) is 0 Å². The number of rotatable bonds is 6. The topological polar surface area (TPSA) is 113 Å². The predicted octanol–water partition coefficient (Wildman–Crippen LogP) is 0.852. The highest BCUT2D eigenvalue weighted by Gasteiger charge is 2.31. The Morgan fingerprint density at radius 3 is 2.52 bits per heavy atom. The van der Waals surface area contributed by atoms with Crippen molar-refractivity contribution >= 4 is 22.2 Å². The van der Waals surface area contributed by atoms with Crippen LogP contribution in [0.25, 0.3) is 0 Å². The van der Waals surface area contributed by atoms with Crippen LogP contribution in [-0.4, -0.2) is 30.7 Å². The fourth-order valence-corrected chi connectivity index (χ4v) is 3.12. The van der Waals surface area contributed by atoms with Crippen LogP contribution in [0.2, 0.25) is 0 Å². The maximum absolute atomic E-state index is 13.8. The molecule has 1 atom stereocenters. The largest absolute Gasteiger partial charge is 0.390 e. The van der Waals surface area contributed by atoms with Gasteiger partial charge in [-0.3, -0.25) is 9.78 Å². The minimum atomic E-state index is -4.63. The normalized spacial score (nSPS) is 12.4. The minimum Gasteiger partial charge on any atom is -0.390 e. The summed E-state index contributed by atoms with van der Waals surface area (Å²) in [5.74, 6) is -3.27. The summed E-state index contributed by atoms with van der Waals surface area (Å²) in [4.78, 5) is 26.9. The summed E-state index contributed by atoms with van der Waals surface area (Å²) in [7, 11) is -4.63. The number of pyridine rings is 1. The van der Waals surface area contributed by atoms with Gasteiger partial charge < -0.3 is 9.90 Å². The van der Waals surface area contributed by atoms with E-state index in [0.29, 0.717) is 6.07 Å². The van der Waals surface area contributed by atoms with Crippen LogP contribution in [0.3, 0.4) is 0 Å². The van der Waals surface area contributed by atoms with Crippen LogP contribution in [0.5, 0.6) is 0 Å². The van der Waals surface area contributed by atoms with Crippen LogP contribution in [-0.2, 0) is 21.4 Å². The lowest BCUT2D eigenvalue weighted by Crippen LogP contribution is -2.35. The number of benzene rings is 1. The zero-order valence-corrected chi connectivity index (χ0v) is 13.3. The average Bonchev–Trinajstić information content (AvgIpc) is 2.57. The third-order valence-electron chi connectivity index (χ3n) is 3.21. The first-order valence-corrected chi connectivity index (χ1v) is 8.35. The van der Waals surface area contributed by atoms with Gasteiger partial charge in [-0.15, -0.1) is 0 Å². The van der Waals surface area contributed by atoms with Gasteiger partial charge in [0.2, 0.25) is 10.0 Å². The number of hydrogen-bond acceptors (Lipinski definition) is 6. The molecule has 2 N–H and O–H groups in total. The predicted molar refractivity (Wildman–Crippen MR) is 81.7 cm³/mol. The molecule has 132 valence electrons. The number of amides is 1. The van der Waals surface area contributed by atoms with Crippen LogP contribution >= 0.6 is 0 Å². The Balaban J connectivity index is 2.28. The molecule has 0 saturated carbocycles. The van der Waals surface area contributed by atoms with Gasteiger partial charge in [-0.2, -0.15) is 0 Å². The second kappa shape index (κ2) is 7.45. The third-order valence-corrected chi connectivity index (χ3v) is 4.71. The number of halogens is 2. The highest BCUT2D eigenvalue weighted by Crippen LogP contribution is 2.23. The first-order valence-electron chi connectivity index (χ1n) is 6.80. The van der Waals surface area contributed by atoms with Crippen LogP contribution in [0, 0.1) is 11.6 Å². The molecule has 0 spiro atoms. The van der Waals surface area contributed by atoms with Crippen LogP contribution in [0.1, 0.15) is 26.9 Å². The maximum atomic E-state index is 13.8. The van der Waals surface area contributed by atoms with Gasteiger partial charge in [-0.1, -0.05) is 6.07 Å². The quantitative estimate of drug-likeness (QED) is 0.729. The number of aliphatic hydroxyl groups excluding tert-OH is 1. The van der Waals surface area contributed by atoms with E-state index in [4.69, 9.17) is 5.11 Å². The summed E-state index contributed by atoms with van der Waals surface area (Å²) < 4.78 is 52.8. The van der Waals surface area contributed by atoms with Gasteiger partial charge >= 0.3 is 0 Å². The zero-order chi connectivity index (χ0) is 18.6. The molecule has 0 saturated heterocycles. The van der Waals surface area contributed by atoms with Crippen molar-refractivity contribution in [1.29, 1.82) is 0 Å². The Morgan fingerprint density at radius 1 is 1.28 bits per heavy atom. The van der Waals surface area contributed by atoms with Crippen molar-refractivity contribution in [1.82, 2.24) is 9.71 Å². The Hall–Kier alpha value is -2.72. The summed E-state index contributed by atoms with van der Waals surface area (Å²) in [6.45, 7) is -0.364. The highest BCUT2D eigenvalue weighted by atomic mass is 32.2. The second-order valence-electron chi connectivity index (χ2n) is 4.90. The van der Waals surface area contributed by atoms with E-state index >= 15 is 0 Å². The fourth-order valence-electron chi connectivity index (χ4n) is 1.95. The summed E-state index contributed by atoms with van der Waals surface area (Å²) in [5.41, 5.74) is -0.478. The molecule has 7 nitrogen and oxygen atoms in total. The minimum absolute atomic E-state index is 0.0704. The number of nitrogens with zero attached hydrogens (tertiary/aromatic N) is 1. The molecule has 2 aromatic rings. The molecule has 0 aliphatic rings. The maximum Gasteiger partial charge on any atom is 0.266 e. The lowest BCUT2D eigenvalue weighted by molar-refractivity contribution is -0.107. The van der Waals surface area contributed by atoms with Crippen molar-refractivity contribution in [2.75, 3.05) is 0 Å². The van der Waals surface area contributed by atoms with Gasteiger partial charge in [0.25, 0.3) is 5.91 Å². The molecular formula is C15H12F2N2O5S. The summed E-state index contributed by atoms with van der Waals surface area (Å²) in [5, 5.41) is 6.83. The molecule has 1 aromatic heterocycles. The van der Waals surface area contributed by atoms with Gasteiger partial charge in [0.05, 0.1) is 17.9 Å². The number of carbonyl (C=O) groups is 2. The summed E-state index contributed by atoms with van der Waals surface area (Å²) in [6.07, 6.45) is 0.962. The number of carbonyl (C=O) groups excluding carboxylic acids is 2. The van der Waals surface area contributed by atoms with E-state index in [1.807, 2.05) is 0 Å². The van der Waals surface area contributed by atoms with Gasteiger partial charge in [-0.25, -0.2) is 21.9 Å². The first kappa shape index (κ1) is 18.6. The SMILES string of the molecule is O=CC(c1ccc(F)cc1F)S(=O)(=O)NC(=O)c1ccc(CO)nc1. The average molecular weight is 370 g/mol. The standard InChI is InChI=1S/C15H12F2N2O5S/c16-10-2-4-12(13(17)5-10)14(8-21)25(23,24)19-15(22)9-1-3-11(7-20)18-6-9/h1-6,8,14,20H,7H2,(H,19,22). The van der Waals surface area contributed by atoms with E-state index in [1.165, 1.54) is 12.1 Å². The Kier molecular flexibility index (Phi) is 5.55. The van der Waals surface area contributed by atoms with Crippen LogP contribution in [0.4, 0.5) is 8.78 Å². The number of nitrogens with one attached hydrogen (secondary N) is 1. The Labute approximate surface area is 141 Å². The van der Waals surface area contributed by atoms with Crippen LogP contribution in [0.15, 0.2) is 36.5 Å². The molecule has 1 aromatic carbocycles. The highest BCUT2D eigenvalue weighted by molar-refractivity contribution is 7.91. The Bertz CT molecular complexity index is 901. The molecule has 1 amide bonds. The van der Waals surface area contributed by atoms with Gasteiger partial charge in [-0.05, 0) is 18.2 Å². The van der Waals surface area contributed by atoms with Crippen molar-refractivity contribution in [3.8, 4) is 0 Å². The first-order chi connectivity index (χ1) is 11.8. The molecular weight excluding hydrogens is 358 g/mol. The number of aromatic nitrogens is 1. The van der Waals surface area contributed by atoms with Gasteiger partial charge in [0.15, 0.2) is 5.25 Å². The lowest BCUT2D eigenvalue weighted by atomic mass is 10.1. The summed E-state index contributed by atoms with van der Waals surface area (Å²) in [6, 6.07) is 4.56. The van der Waals surface area contributed by atoms with Crippen molar-refractivity contribution < 1.29 is 31.9 Å². The van der Waals surface area contributed by atoms with E-state index in [1.54, 1.807) is 4.72 Å². The smallest absolute Gasteiger partial charge is 0.266 e. The Morgan fingerprint density at radius 2 is 2.00 bits per heavy atom. The molecule has 0 bridgehead atoms. The van der Waals surface area contributed by atoms with Crippen molar-refractivity contribution in [3.05, 3.63) is 65.0 Å². The number of aldehydes is 1. The fraction of sp³-hybridized carbons (Fsp3) is 0.133. The van der Waals surface area contributed by atoms with E-state index in [9.17, 15) is 26.8 Å². The molecule has 1 heterocycles. The van der Waals surface area contributed by atoms with E-state index < -0.39 is 38.4 Å². The third kappa shape index (κ3) is 4.22. The van der Waals surface area contributed by atoms with Gasteiger partial charge in [0.1, 0.15) is 17.9 Å². The molecule has 0 fully saturated rings. The number of sulfonamides is 1.